The molecule has 0 aromatic heterocycles. The fourth-order valence-electron chi connectivity index (χ4n) is 0.0136. The third-order valence-corrected chi connectivity index (χ3v) is 1.80. The van der Waals surface area contributed by atoms with Gasteiger partial charge in [-0.3, -0.25) is 0 Å². The molecule has 0 radical (unpaired) electrons. The van der Waals surface area contributed by atoms with Crippen LogP contribution in [0.25, 0.3) is 0 Å². The van der Waals surface area contributed by atoms with Crippen LogP contribution in [0.4, 0.5) is 0 Å². The average molecular weight is 216 g/mol. The summed E-state index contributed by atoms with van der Waals surface area (Å²) in [5, 5.41) is 0. The molecule has 0 atom stereocenters. The first-order chi connectivity index (χ1) is 2.41. The van der Waals surface area contributed by atoms with E-state index in [0.717, 1.165) is 0 Å². The molecule has 0 aliphatic heterocycles. The van der Waals surface area contributed by atoms with Crippen LogP contribution in [-0.4, -0.2) is 37.5 Å². The van der Waals surface area contributed by atoms with Crippen LogP contribution in [-0.2, 0) is 10.2 Å². The minimum atomic E-state index is -1.30. The molecule has 0 aromatic carbocycles. The molecule has 6 heteroatoms. The van der Waals surface area contributed by atoms with Crippen LogP contribution in [0.3, 0.4) is 0 Å². The summed E-state index contributed by atoms with van der Waals surface area (Å²) >= 11 is -2.61. The van der Waals surface area contributed by atoms with Crippen LogP contribution in [0, 0.1) is 0 Å². The van der Waals surface area contributed by atoms with E-state index in [1.54, 1.807) is 0 Å². The monoisotopic (exact) mass is 216 g/mol. The van der Waals surface area contributed by atoms with E-state index in [2.05, 4.69) is 2.72 Å². The molecule has 0 aliphatic carbocycles. The zero-order chi connectivity index (χ0) is 4.12. The average Bonchev–Trinajstić information content (AvgIpc) is 1.41. The second kappa shape index (κ2) is 9.16. The van der Waals surface area contributed by atoms with Crippen molar-refractivity contribution in [2.24, 2.45) is 0 Å². The van der Waals surface area contributed by atoms with Crippen molar-refractivity contribution in [3.8, 4) is 0 Å². The predicted octanol–water partition coefficient (Wildman–Crippen LogP) is -1.89. The van der Waals surface area contributed by atoms with Crippen molar-refractivity contribution in [3.63, 3.8) is 0 Å². The summed E-state index contributed by atoms with van der Waals surface area (Å²) in [6.07, 6.45) is 0. The first-order valence-corrected chi connectivity index (χ1v) is 3.79. The number of hydrogen-bond donors (Lipinski definition) is 0. The summed E-state index contributed by atoms with van der Waals surface area (Å²) < 4.78 is 22.4. The van der Waals surface area contributed by atoms with Gasteiger partial charge in [-0.25, -0.2) is 0 Å². The Bertz CT molecular complexity index is 34.8. The quantitative estimate of drug-likeness (QED) is 0.506. The van der Waals surface area contributed by atoms with Crippen molar-refractivity contribution in [1.29, 1.82) is 0 Å². The van der Waals surface area contributed by atoms with Crippen LogP contribution >= 0.6 is 0 Å². The van der Waals surface area contributed by atoms with E-state index in [9.17, 15) is 7.48 Å². The maximum absolute atomic E-state index is 9.22. The fourth-order valence-corrected chi connectivity index (χ4v) is 0.367. The molecule has 36 valence electrons. The van der Waals surface area contributed by atoms with Gasteiger partial charge in [0.25, 0.3) is 0 Å². The number of hydrogen-bond acceptors (Lipinski definition) is 3. The van der Waals surface area contributed by atoms with Crippen molar-refractivity contribution in [2.45, 2.75) is 0 Å². The second-order valence-corrected chi connectivity index (χ2v) is 2.98. The third kappa shape index (κ3) is 8.82. The summed E-state index contributed by atoms with van der Waals surface area (Å²) in [6.45, 7) is 0. The second-order valence-electron chi connectivity index (χ2n) is 0.231. The Morgan fingerprint density at radius 2 is 1.50 bits per heavy atom. The van der Waals surface area contributed by atoms with Crippen LogP contribution in [0.1, 0.15) is 0 Å². The van der Waals surface area contributed by atoms with Crippen LogP contribution in [0.2, 0.25) is 0 Å². The first kappa shape index (κ1) is 9.81. The Morgan fingerprint density at radius 3 is 1.50 bits per heavy atom. The zero-order valence-electron chi connectivity index (χ0n) is 2.62. The van der Waals surface area contributed by atoms with Crippen molar-refractivity contribution < 1.29 is 15.7 Å². The zero-order valence-corrected chi connectivity index (χ0v) is 6.37. The fraction of sp³-hybridized carbons (Fsp3) is 0. The molecule has 2 N–H and O–H groups in total. The van der Waals surface area contributed by atoms with E-state index < -0.39 is 32.1 Å². The summed E-state index contributed by atoms with van der Waals surface area (Å²) in [7, 11) is 0. The van der Waals surface area contributed by atoms with Gasteiger partial charge >= 0.3 is 42.3 Å². The van der Waals surface area contributed by atoms with E-state index >= 15 is 0 Å². The summed E-state index contributed by atoms with van der Waals surface area (Å²) in [4.78, 5) is 0. The van der Waals surface area contributed by atoms with Gasteiger partial charge in [-0.15, -0.1) is 0 Å². The Kier molecular flexibility index (Phi) is 15.0. The van der Waals surface area contributed by atoms with Crippen LogP contribution in [0.5, 0.6) is 0 Å². The number of rotatable bonds is 2. The van der Waals surface area contributed by atoms with Crippen molar-refractivity contribution >= 4 is 32.1 Å². The molecular formula is H2As2O4. The van der Waals surface area contributed by atoms with Gasteiger partial charge in [-0.1, -0.05) is 0 Å². The van der Waals surface area contributed by atoms with Crippen molar-refractivity contribution in [2.75, 3.05) is 0 Å². The van der Waals surface area contributed by atoms with Crippen LogP contribution < -0.4 is 0 Å². The minimum absolute atomic E-state index is 0. The Labute approximate surface area is 48.1 Å². The van der Waals surface area contributed by atoms with Gasteiger partial charge in [0.1, 0.15) is 0 Å². The summed E-state index contributed by atoms with van der Waals surface area (Å²) in [5.41, 5.74) is 0. The van der Waals surface area contributed by atoms with E-state index in [1.807, 2.05) is 0 Å². The van der Waals surface area contributed by atoms with Crippen molar-refractivity contribution in [1.82, 2.24) is 0 Å². The van der Waals surface area contributed by atoms with E-state index in [0.29, 0.717) is 0 Å². The van der Waals surface area contributed by atoms with Gasteiger partial charge in [0, 0.05) is 0 Å². The molecular weight excluding hydrogens is 214 g/mol. The van der Waals surface area contributed by atoms with Crippen molar-refractivity contribution in [3.05, 3.63) is 0 Å². The molecule has 0 unspecified atom stereocenters. The molecule has 0 heterocycles. The molecule has 0 aliphatic rings. The maximum atomic E-state index is 9.22. The predicted molar refractivity (Wildman–Crippen MR) is 17.6 cm³/mol. The van der Waals surface area contributed by atoms with Gasteiger partial charge in [-0.05, 0) is 0 Å². The first-order valence-electron chi connectivity index (χ1n) is 0.730. The molecule has 0 spiro atoms. The van der Waals surface area contributed by atoms with Gasteiger partial charge in [0.15, 0.2) is 0 Å². The van der Waals surface area contributed by atoms with Crippen LogP contribution in [0.15, 0.2) is 0 Å². The molecule has 4 nitrogen and oxygen atoms in total. The Balaban J connectivity index is 0. The molecule has 0 fully saturated rings. The van der Waals surface area contributed by atoms with Gasteiger partial charge in [-0.2, -0.15) is 0 Å². The molecule has 0 saturated heterocycles. The van der Waals surface area contributed by atoms with E-state index in [4.69, 9.17) is 0 Å². The Morgan fingerprint density at radius 1 is 1.17 bits per heavy atom. The van der Waals surface area contributed by atoms with Gasteiger partial charge in [0.05, 0.1) is 0 Å². The summed E-state index contributed by atoms with van der Waals surface area (Å²) in [5.74, 6) is 0. The molecule has 0 bridgehead atoms. The SMILES string of the molecule is O.O=[As]O[As]=O. The van der Waals surface area contributed by atoms with E-state index in [1.165, 1.54) is 0 Å². The topological polar surface area (TPSA) is 74.9 Å². The van der Waals surface area contributed by atoms with Gasteiger partial charge in [0.2, 0.25) is 0 Å². The molecule has 0 rings (SSSR count). The normalized spacial score (nSPS) is 8.00. The van der Waals surface area contributed by atoms with Gasteiger partial charge < -0.3 is 5.48 Å². The molecule has 0 amide bonds. The third-order valence-electron chi connectivity index (χ3n) is 0.0667. The standard InChI is InChI=1S/As2O3.H2O/c3-1-5-2-4;/h;1H2. The molecule has 0 saturated carbocycles. The Hall–Kier alpha value is 0.637. The molecule has 6 heavy (non-hydrogen) atoms. The summed E-state index contributed by atoms with van der Waals surface area (Å²) in [6, 6.07) is 0. The molecule has 0 aromatic rings. The van der Waals surface area contributed by atoms with E-state index in [-0.39, 0.29) is 5.48 Å².